The molecule has 1 aliphatic rings. The molecule has 1 aromatic carbocycles. The van der Waals surface area contributed by atoms with E-state index in [4.69, 9.17) is 4.55 Å². The van der Waals surface area contributed by atoms with Gasteiger partial charge in [-0.05, 0) is 32.4 Å². The van der Waals surface area contributed by atoms with Crippen molar-refractivity contribution in [2.45, 2.75) is 20.8 Å². The van der Waals surface area contributed by atoms with Gasteiger partial charge in [0.05, 0.1) is 11.3 Å². The van der Waals surface area contributed by atoms with E-state index in [0.29, 0.717) is 11.3 Å². The zero-order valence-corrected chi connectivity index (χ0v) is 12.4. The van der Waals surface area contributed by atoms with Gasteiger partial charge < -0.3 is 4.18 Å². The van der Waals surface area contributed by atoms with Crippen molar-refractivity contribution in [3.05, 3.63) is 23.3 Å². The molecule has 2 rings (SSSR count). The molecule has 1 heterocycles. The van der Waals surface area contributed by atoms with Gasteiger partial charge in [0.2, 0.25) is 0 Å². The molecule has 7 nitrogen and oxygen atoms in total. The van der Waals surface area contributed by atoms with Crippen LogP contribution in [0.5, 0.6) is 5.75 Å². The molecular weight excluding hydrogens is 298 g/mol. The summed E-state index contributed by atoms with van der Waals surface area (Å²) >= 11 is 0. The summed E-state index contributed by atoms with van der Waals surface area (Å²) in [4.78, 5) is 28.3. The third-order valence-corrected chi connectivity index (χ3v) is 3.55. The van der Waals surface area contributed by atoms with E-state index in [-0.39, 0.29) is 17.0 Å². The first-order valence-corrected chi connectivity index (χ1v) is 7.38. The third-order valence-electron chi connectivity index (χ3n) is 3.16. The number of nitrogens with zero attached hydrogens (tertiary/aromatic N) is 1. The van der Waals surface area contributed by atoms with E-state index in [1.54, 1.807) is 13.8 Å². The summed E-state index contributed by atoms with van der Waals surface area (Å²) < 4.78 is 35.0. The lowest BCUT2D eigenvalue weighted by Gasteiger charge is -2.22. The average Bonchev–Trinajstić information content (AvgIpc) is 2.30. The minimum atomic E-state index is -4.78. The first-order valence-electron chi connectivity index (χ1n) is 6.02. The Labute approximate surface area is 121 Å². The van der Waals surface area contributed by atoms with Gasteiger partial charge in [-0.25, -0.2) is 0 Å². The maximum Gasteiger partial charge on any atom is 0.446 e. The number of aryl methyl sites for hydroxylation is 1. The van der Waals surface area contributed by atoms with Crippen LogP contribution in [0.15, 0.2) is 17.1 Å². The molecule has 112 valence electrons. The highest BCUT2D eigenvalue weighted by molar-refractivity contribution is 7.81. The Hall–Kier alpha value is -2.06. The molecule has 0 amide bonds. The Kier molecular flexibility index (Phi) is 3.68. The number of ketones is 2. The van der Waals surface area contributed by atoms with Crippen molar-refractivity contribution in [3.8, 4) is 5.75 Å². The second-order valence-electron chi connectivity index (χ2n) is 4.78. The number of carbonyl (C=O) groups is 2. The molecule has 1 aromatic rings. The molecule has 0 radical (unpaired) electrons. The zero-order valence-electron chi connectivity index (χ0n) is 11.6. The highest BCUT2D eigenvalue weighted by atomic mass is 32.3. The van der Waals surface area contributed by atoms with Crippen molar-refractivity contribution in [2.75, 3.05) is 0 Å². The fourth-order valence-electron chi connectivity index (χ4n) is 2.30. The van der Waals surface area contributed by atoms with Crippen LogP contribution in [0.2, 0.25) is 0 Å². The lowest BCUT2D eigenvalue weighted by Crippen LogP contribution is -2.32. The van der Waals surface area contributed by atoms with Crippen LogP contribution in [0.25, 0.3) is 0 Å². The molecule has 0 fully saturated rings. The minimum absolute atomic E-state index is 0.113. The van der Waals surface area contributed by atoms with E-state index < -0.39 is 27.9 Å². The molecule has 0 spiro atoms. The molecule has 0 aromatic heterocycles. The van der Waals surface area contributed by atoms with E-state index in [0.717, 1.165) is 0 Å². The Morgan fingerprint density at radius 1 is 1.33 bits per heavy atom. The van der Waals surface area contributed by atoms with Crippen LogP contribution < -0.4 is 4.18 Å². The zero-order chi connectivity index (χ0) is 15.9. The molecule has 0 bridgehead atoms. The Morgan fingerprint density at radius 2 is 1.95 bits per heavy atom. The molecule has 0 saturated carbocycles. The molecule has 1 N–H and O–H groups in total. The number of benzene rings is 1. The Bertz CT molecular complexity index is 778. The number of carbonyl (C=O) groups excluding carboxylic acids is 2. The van der Waals surface area contributed by atoms with Crippen molar-refractivity contribution >= 4 is 33.4 Å². The quantitative estimate of drug-likeness (QED) is 0.671. The molecule has 1 atom stereocenters. The molecule has 8 heteroatoms. The number of aliphatic imine (C=N–C) groups is 1. The topological polar surface area (TPSA) is 110 Å². The summed E-state index contributed by atoms with van der Waals surface area (Å²) in [6.45, 7) is 4.50. The van der Waals surface area contributed by atoms with E-state index in [1.165, 1.54) is 19.1 Å². The van der Waals surface area contributed by atoms with Crippen LogP contribution in [0.1, 0.15) is 29.8 Å². The van der Waals surface area contributed by atoms with E-state index in [9.17, 15) is 18.0 Å². The number of hydrogen-bond acceptors (Lipinski definition) is 6. The van der Waals surface area contributed by atoms with E-state index in [2.05, 4.69) is 9.18 Å². The average molecular weight is 311 g/mol. The van der Waals surface area contributed by atoms with Crippen LogP contribution in [0.3, 0.4) is 0 Å². The molecule has 1 aliphatic heterocycles. The van der Waals surface area contributed by atoms with E-state index >= 15 is 0 Å². The van der Waals surface area contributed by atoms with Crippen LogP contribution in [0.4, 0.5) is 5.69 Å². The fourth-order valence-corrected chi connectivity index (χ4v) is 2.66. The summed E-state index contributed by atoms with van der Waals surface area (Å²) in [5.74, 6) is -2.40. The van der Waals surface area contributed by atoms with Gasteiger partial charge in [-0.15, -0.1) is 0 Å². The predicted molar refractivity (Wildman–Crippen MR) is 74.6 cm³/mol. The van der Waals surface area contributed by atoms with Gasteiger partial charge in [-0.2, -0.15) is 8.42 Å². The number of fused-ring (bicyclic) bond motifs is 1. The minimum Gasteiger partial charge on any atom is -0.361 e. The summed E-state index contributed by atoms with van der Waals surface area (Å²) in [5.41, 5.74) is 1.10. The number of hydrogen-bond donors (Lipinski definition) is 1. The van der Waals surface area contributed by atoms with Gasteiger partial charge >= 0.3 is 10.4 Å². The van der Waals surface area contributed by atoms with Gasteiger partial charge in [0.25, 0.3) is 0 Å². The molecular formula is C13H13NO6S. The van der Waals surface area contributed by atoms with Gasteiger partial charge in [-0.3, -0.25) is 19.1 Å². The third kappa shape index (κ3) is 2.86. The van der Waals surface area contributed by atoms with E-state index in [1.807, 2.05) is 0 Å². The van der Waals surface area contributed by atoms with Gasteiger partial charge in [0, 0.05) is 5.71 Å². The van der Waals surface area contributed by atoms with Gasteiger partial charge in [0.1, 0.15) is 11.7 Å². The molecule has 0 saturated heterocycles. The largest absolute Gasteiger partial charge is 0.446 e. The second kappa shape index (κ2) is 5.05. The monoisotopic (exact) mass is 311 g/mol. The van der Waals surface area contributed by atoms with Crippen LogP contribution in [-0.4, -0.2) is 30.2 Å². The summed E-state index contributed by atoms with van der Waals surface area (Å²) in [7, 11) is -4.78. The summed E-state index contributed by atoms with van der Waals surface area (Å²) in [6, 6.07) is 2.75. The number of rotatable bonds is 3. The Morgan fingerprint density at radius 3 is 2.48 bits per heavy atom. The fraction of sp³-hybridized carbons (Fsp3) is 0.308. The van der Waals surface area contributed by atoms with Gasteiger partial charge in [-0.1, -0.05) is 6.07 Å². The highest BCUT2D eigenvalue weighted by Gasteiger charge is 2.36. The maximum atomic E-state index is 12.5. The second-order valence-corrected chi connectivity index (χ2v) is 5.80. The molecule has 1 unspecified atom stereocenters. The SMILES string of the molecule is CC(=O)C1C(=O)c2c(OS(=O)(=O)O)ccc(C)c2N=C1C. The first kappa shape index (κ1) is 15.3. The van der Waals surface area contributed by atoms with Crippen molar-refractivity contribution in [3.63, 3.8) is 0 Å². The summed E-state index contributed by atoms with van der Waals surface area (Å²) in [5, 5.41) is 0. The highest BCUT2D eigenvalue weighted by Crippen LogP contribution is 2.38. The number of Topliss-reactive ketones (excluding diaryl/α,β-unsaturated/α-hetero) is 2. The standard InChI is InChI=1S/C13H13NO6S/c1-6-4-5-9(20-21(17,18)19)11-12(6)14-7(2)10(8(3)15)13(11)16/h4-5,10H,1-3H3,(H,17,18,19). The van der Waals surface area contributed by atoms with Crippen molar-refractivity contribution in [2.24, 2.45) is 10.9 Å². The predicted octanol–water partition coefficient (Wildman–Crippen LogP) is 1.67. The smallest absolute Gasteiger partial charge is 0.361 e. The molecule has 0 aliphatic carbocycles. The van der Waals surface area contributed by atoms with Crippen LogP contribution in [0, 0.1) is 12.8 Å². The van der Waals surface area contributed by atoms with Crippen LogP contribution in [-0.2, 0) is 15.2 Å². The van der Waals surface area contributed by atoms with Crippen molar-refractivity contribution in [1.29, 1.82) is 0 Å². The lowest BCUT2D eigenvalue weighted by molar-refractivity contribution is -0.117. The first-order chi connectivity index (χ1) is 9.61. The van der Waals surface area contributed by atoms with Crippen molar-refractivity contribution in [1.82, 2.24) is 0 Å². The molecule has 21 heavy (non-hydrogen) atoms. The normalized spacial score (nSPS) is 18.0. The maximum absolute atomic E-state index is 12.5. The summed E-state index contributed by atoms with van der Waals surface area (Å²) in [6.07, 6.45) is 0. The van der Waals surface area contributed by atoms with Crippen molar-refractivity contribution < 1.29 is 26.7 Å². The van der Waals surface area contributed by atoms with Crippen LogP contribution >= 0.6 is 0 Å². The lowest BCUT2D eigenvalue weighted by atomic mass is 9.86. The Balaban J connectivity index is 2.71. The van der Waals surface area contributed by atoms with Gasteiger partial charge in [0.15, 0.2) is 11.5 Å².